The molecule has 0 unspecified atom stereocenters. The summed E-state index contributed by atoms with van der Waals surface area (Å²) in [5, 5.41) is 4.76. The first-order valence-electron chi connectivity index (χ1n) is 10.6. The highest BCUT2D eigenvalue weighted by molar-refractivity contribution is 7.18. The van der Waals surface area contributed by atoms with Gasteiger partial charge in [-0.15, -0.1) is 11.3 Å². The molecule has 0 aliphatic carbocycles. The van der Waals surface area contributed by atoms with E-state index < -0.39 is 0 Å². The van der Waals surface area contributed by atoms with Crippen molar-refractivity contribution in [2.24, 2.45) is 11.3 Å². The van der Waals surface area contributed by atoms with Gasteiger partial charge in [-0.25, -0.2) is 9.97 Å². The lowest BCUT2D eigenvalue weighted by Crippen LogP contribution is -2.62. The lowest BCUT2D eigenvalue weighted by molar-refractivity contribution is -0.0331. The number of hydrogen-bond acceptors (Lipinski definition) is 6. The Morgan fingerprint density at radius 1 is 1.26 bits per heavy atom. The first-order valence-corrected chi connectivity index (χ1v) is 11.4. The van der Waals surface area contributed by atoms with Gasteiger partial charge in [-0.2, -0.15) is 0 Å². The number of anilines is 1. The molecular weight excluding hydrogens is 354 g/mol. The van der Waals surface area contributed by atoms with E-state index in [1.807, 2.05) is 11.3 Å². The zero-order chi connectivity index (χ0) is 18.4. The van der Waals surface area contributed by atoms with E-state index in [-0.39, 0.29) is 0 Å². The maximum Gasteiger partial charge on any atom is 0.140 e. The van der Waals surface area contributed by atoms with Gasteiger partial charge in [0.25, 0.3) is 0 Å². The summed E-state index contributed by atoms with van der Waals surface area (Å²) in [5.41, 5.74) is 0.488. The number of likely N-dealkylation sites (tertiary alicyclic amines) is 1. The molecule has 3 fully saturated rings. The molecule has 0 aromatic carbocycles. The Balaban J connectivity index is 1.27. The van der Waals surface area contributed by atoms with Gasteiger partial charge in [-0.3, -0.25) is 4.90 Å². The number of thiophene rings is 1. The molecule has 1 atom stereocenters. The Bertz CT molecular complexity index is 806. The fraction of sp³-hybridized carbons (Fsp3) is 0.714. The molecule has 0 bridgehead atoms. The van der Waals surface area contributed by atoms with E-state index >= 15 is 0 Å². The van der Waals surface area contributed by atoms with E-state index in [1.54, 1.807) is 6.33 Å². The van der Waals surface area contributed by atoms with Crippen LogP contribution < -0.4 is 10.2 Å². The lowest BCUT2D eigenvalue weighted by atomic mass is 9.76. The second kappa shape index (κ2) is 6.98. The number of rotatable bonds is 4. The van der Waals surface area contributed by atoms with Crippen molar-refractivity contribution in [2.75, 3.05) is 44.2 Å². The van der Waals surface area contributed by atoms with Gasteiger partial charge in [0.2, 0.25) is 0 Å². The number of aromatic nitrogens is 2. The first-order chi connectivity index (χ1) is 13.2. The Morgan fingerprint density at radius 3 is 2.85 bits per heavy atom. The van der Waals surface area contributed by atoms with Gasteiger partial charge in [0.05, 0.1) is 5.39 Å². The smallest absolute Gasteiger partial charge is 0.140 e. The van der Waals surface area contributed by atoms with Crippen LogP contribution in [0.25, 0.3) is 10.2 Å². The fourth-order valence-electron chi connectivity index (χ4n) is 5.42. The van der Waals surface area contributed by atoms with Crippen molar-refractivity contribution < 1.29 is 0 Å². The van der Waals surface area contributed by atoms with Crippen LogP contribution in [0, 0.1) is 11.3 Å². The zero-order valence-electron chi connectivity index (χ0n) is 16.6. The van der Waals surface area contributed by atoms with Crippen molar-refractivity contribution in [2.45, 2.75) is 45.6 Å². The van der Waals surface area contributed by atoms with Crippen molar-refractivity contribution in [1.29, 1.82) is 0 Å². The first kappa shape index (κ1) is 17.8. The second-order valence-electron chi connectivity index (χ2n) is 8.89. The van der Waals surface area contributed by atoms with Gasteiger partial charge in [0.1, 0.15) is 17.0 Å². The van der Waals surface area contributed by atoms with Crippen molar-refractivity contribution >= 4 is 27.4 Å². The van der Waals surface area contributed by atoms with Crippen molar-refractivity contribution in [1.82, 2.24) is 20.2 Å². The van der Waals surface area contributed by atoms with Gasteiger partial charge in [-0.05, 0) is 57.7 Å². The summed E-state index contributed by atoms with van der Waals surface area (Å²) in [6.45, 7) is 11.9. The average Bonchev–Trinajstić information content (AvgIpc) is 3.31. The molecule has 146 valence electrons. The van der Waals surface area contributed by atoms with Gasteiger partial charge in [0, 0.05) is 42.5 Å². The number of piperidine rings is 1. The van der Waals surface area contributed by atoms with Crippen LogP contribution in [0.15, 0.2) is 12.4 Å². The summed E-state index contributed by atoms with van der Waals surface area (Å²) in [4.78, 5) is 17.0. The molecule has 3 aliphatic heterocycles. The molecule has 1 N–H and O–H groups in total. The molecule has 6 heteroatoms. The van der Waals surface area contributed by atoms with Crippen LogP contribution in [0.3, 0.4) is 0 Å². The predicted octanol–water partition coefficient (Wildman–Crippen LogP) is 3.15. The molecule has 0 amide bonds. The summed E-state index contributed by atoms with van der Waals surface area (Å²) in [6.07, 6.45) is 6.82. The Morgan fingerprint density at radius 2 is 2.07 bits per heavy atom. The predicted molar refractivity (Wildman–Crippen MR) is 113 cm³/mol. The third kappa shape index (κ3) is 3.15. The summed E-state index contributed by atoms with van der Waals surface area (Å²) < 4.78 is 0. The topological polar surface area (TPSA) is 44.3 Å². The van der Waals surface area contributed by atoms with Crippen molar-refractivity contribution in [3.05, 3.63) is 17.3 Å². The third-order valence-electron chi connectivity index (χ3n) is 7.16. The molecular formula is C21H31N5S. The standard InChI is InChI=1S/C21H31N5S/c1-3-17-10-18-19(23-14-24-20(18)27-17)25-9-6-21(11-25)12-26(13-21)15(2)16-4-7-22-8-5-16/h10,14-16,22H,3-9,11-13H2,1-2H3/t15-/m0/s1. The van der Waals surface area contributed by atoms with E-state index in [1.165, 1.54) is 55.7 Å². The Labute approximate surface area is 166 Å². The summed E-state index contributed by atoms with van der Waals surface area (Å²) in [6, 6.07) is 3.05. The molecule has 0 radical (unpaired) electrons. The van der Waals surface area contributed by atoms with Gasteiger partial charge in [-0.1, -0.05) is 6.92 Å². The summed E-state index contributed by atoms with van der Waals surface area (Å²) in [7, 11) is 0. The number of nitrogens with one attached hydrogen (secondary N) is 1. The van der Waals surface area contributed by atoms with E-state index in [4.69, 9.17) is 0 Å². The zero-order valence-corrected chi connectivity index (χ0v) is 17.4. The summed E-state index contributed by atoms with van der Waals surface area (Å²) >= 11 is 1.82. The van der Waals surface area contributed by atoms with Crippen molar-refractivity contribution in [3.8, 4) is 0 Å². The van der Waals surface area contributed by atoms with Crippen LogP contribution in [0.2, 0.25) is 0 Å². The Kier molecular flexibility index (Phi) is 4.61. The van der Waals surface area contributed by atoms with E-state index in [0.29, 0.717) is 5.41 Å². The van der Waals surface area contributed by atoms with E-state index in [9.17, 15) is 0 Å². The van der Waals surface area contributed by atoms with E-state index in [0.717, 1.165) is 42.1 Å². The van der Waals surface area contributed by atoms with Gasteiger partial charge in [0.15, 0.2) is 0 Å². The molecule has 2 aromatic heterocycles. The quantitative estimate of drug-likeness (QED) is 0.876. The molecule has 27 heavy (non-hydrogen) atoms. The Hall–Kier alpha value is -1.24. The summed E-state index contributed by atoms with van der Waals surface area (Å²) in [5.74, 6) is 2.04. The molecule has 3 saturated heterocycles. The van der Waals surface area contributed by atoms with Crippen molar-refractivity contribution in [3.63, 3.8) is 0 Å². The monoisotopic (exact) mass is 385 g/mol. The van der Waals surface area contributed by atoms with Crippen LogP contribution >= 0.6 is 11.3 Å². The minimum Gasteiger partial charge on any atom is -0.355 e. The second-order valence-corrected chi connectivity index (χ2v) is 10.0. The largest absolute Gasteiger partial charge is 0.355 e. The number of fused-ring (bicyclic) bond motifs is 1. The van der Waals surface area contributed by atoms with Gasteiger partial charge < -0.3 is 10.2 Å². The lowest BCUT2D eigenvalue weighted by Gasteiger charge is -2.53. The molecule has 1 spiro atoms. The minimum absolute atomic E-state index is 0.488. The maximum atomic E-state index is 4.69. The average molecular weight is 386 g/mol. The SMILES string of the molecule is CCc1cc2c(N3CCC4(C3)CN([C@@H](C)C3CCNCC3)C4)ncnc2s1. The highest BCUT2D eigenvalue weighted by atomic mass is 32.1. The van der Waals surface area contributed by atoms with Gasteiger partial charge >= 0.3 is 0 Å². The van der Waals surface area contributed by atoms with Crippen LogP contribution in [0.4, 0.5) is 5.82 Å². The van der Waals surface area contributed by atoms with Crippen LogP contribution in [-0.2, 0) is 6.42 Å². The third-order valence-corrected chi connectivity index (χ3v) is 8.35. The molecule has 5 heterocycles. The number of aryl methyl sites for hydroxylation is 1. The molecule has 0 saturated carbocycles. The number of nitrogens with zero attached hydrogens (tertiary/aromatic N) is 4. The highest BCUT2D eigenvalue weighted by Crippen LogP contribution is 2.44. The maximum absolute atomic E-state index is 4.69. The van der Waals surface area contributed by atoms with Crippen LogP contribution in [0.5, 0.6) is 0 Å². The molecule has 3 aliphatic rings. The number of hydrogen-bond donors (Lipinski definition) is 1. The molecule has 5 nitrogen and oxygen atoms in total. The highest BCUT2D eigenvalue weighted by Gasteiger charge is 2.50. The van der Waals surface area contributed by atoms with E-state index in [2.05, 4.69) is 45.0 Å². The fourth-order valence-corrected chi connectivity index (χ4v) is 6.35. The molecule has 5 rings (SSSR count). The minimum atomic E-state index is 0.488. The molecule has 2 aromatic rings. The van der Waals surface area contributed by atoms with Crippen LogP contribution in [0.1, 0.15) is 38.0 Å². The normalized spacial score (nSPS) is 24.6. The van der Waals surface area contributed by atoms with Crippen LogP contribution in [-0.4, -0.2) is 60.2 Å².